The van der Waals surface area contributed by atoms with Crippen LogP contribution in [0.3, 0.4) is 0 Å². The van der Waals surface area contributed by atoms with E-state index >= 15 is 0 Å². The van der Waals surface area contributed by atoms with Crippen molar-refractivity contribution in [2.24, 2.45) is 0 Å². The molecule has 1 unspecified atom stereocenters. The van der Waals surface area contributed by atoms with Gasteiger partial charge in [-0.2, -0.15) is 5.10 Å². The molecule has 0 bridgehead atoms. The number of benzene rings is 1. The third-order valence-corrected chi connectivity index (χ3v) is 7.14. The molecule has 5 rings (SSSR count). The number of anilines is 1. The summed E-state index contributed by atoms with van der Waals surface area (Å²) >= 11 is 0. The number of hydrogen-bond acceptors (Lipinski definition) is 6. The third-order valence-electron chi connectivity index (χ3n) is 7.14. The van der Waals surface area contributed by atoms with Crippen LogP contribution in [-0.4, -0.2) is 56.0 Å². The zero-order chi connectivity index (χ0) is 22.8. The summed E-state index contributed by atoms with van der Waals surface area (Å²) in [4.78, 5) is 14.3. The van der Waals surface area contributed by atoms with Crippen LogP contribution in [0, 0.1) is 13.8 Å². The highest BCUT2D eigenvalue weighted by molar-refractivity contribution is 5.63. The van der Waals surface area contributed by atoms with Crippen molar-refractivity contribution in [3.8, 4) is 11.3 Å². The zero-order valence-corrected chi connectivity index (χ0v) is 19.7. The maximum absolute atomic E-state index is 9.71. The van der Waals surface area contributed by atoms with E-state index in [1.54, 1.807) is 0 Å². The lowest BCUT2D eigenvalue weighted by atomic mass is 10.0. The number of hydrogen-bond donors (Lipinski definition) is 1. The number of aliphatic hydroxyl groups excluding tert-OH is 1. The Labute approximate surface area is 196 Å². The Bertz CT molecular complexity index is 1100. The molecule has 0 spiro atoms. The van der Waals surface area contributed by atoms with Crippen LogP contribution in [-0.2, 0) is 13.1 Å². The Balaban J connectivity index is 1.48. The number of aryl methyl sites for hydroxylation is 2. The van der Waals surface area contributed by atoms with Gasteiger partial charge in [-0.25, -0.2) is 9.97 Å². The number of aliphatic hydroxyl groups is 1. The van der Waals surface area contributed by atoms with Gasteiger partial charge in [-0.1, -0.05) is 18.2 Å². The van der Waals surface area contributed by atoms with E-state index in [2.05, 4.69) is 51.9 Å². The third kappa shape index (κ3) is 4.52. The Morgan fingerprint density at radius 2 is 1.88 bits per heavy atom. The van der Waals surface area contributed by atoms with Gasteiger partial charge in [0.2, 0.25) is 5.95 Å². The molecule has 174 valence electrons. The van der Waals surface area contributed by atoms with E-state index in [1.807, 2.05) is 23.1 Å². The van der Waals surface area contributed by atoms with Crippen molar-refractivity contribution in [2.75, 3.05) is 31.1 Å². The number of rotatable bonds is 7. The molecule has 3 aromatic rings. The van der Waals surface area contributed by atoms with Gasteiger partial charge in [0.05, 0.1) is 36.8 Å². The fourth-order valence-electron chi connectivity index (χ4n) is 5.25. The monoisotopic (exact) mass is 446 g/mol. The van der Waals surface area contributed by atoms with Crippen LogP contribution in [0.15, 0.2) is 36.7 Å². The van der Waals surface area contributed by atoms with Crippen molar-refractivity contribution in [1.29, 1.82) is 0 Å². The predicted molar refractivity (Wildman–Crippen MR) is 130 cm³/mol. The largest absolute Gasteiger partial charge is 0.394 e. The highest BCUT2D eigenvalue weighted by atomic mass is 16.3. The first kappa shape index (κ1) is 22.0. The van der Waals surface area contributed by atoms with Crippen molar-refractivity contribution >= 4 is 5.95 Å². The van der Waals surface area contributed by atoms with E-state index in [-0.39, 0.29) is 12.6 Å². The van der Waals surface area contributed by atoms with Gasteiger partial charge in [-0.05, 0) is 68.8 Å². The van der Waals surface area contributed by atoms with E-state index in [1.165, 1.54) is 29.5 Å². The lowest BCUT2D eigenvalue weighted by Crippen LogP contribution is -2.26. The molecule has 2 aliphatic heterocycles. The average Bonchev–Trinajstić information content (AvgIpc) is 3.58. The zero-order valence-electron chi connectivity index (χ0n) is 19.7. The molecule has 0 radical (unpaired) electrons. The lowest BCUT2D eigenvalue weighted by Gasteiger charge is -2.27. The van der Waals surface area contributed by atoms with E-state index in [0.29, 0.717) is 6.54 Å². The maximum atomic E-state index is 9.71. The van der Waals surface area contributed by atoms with Crippen LogP contribution < -0.4 is 4.90 Å². The van der Waals surface area contributed by atoms with Gasteiger partial charge in [0.15, 0.2) is 0 Å². The molecule has 1 aromatic carbocycles. The fourth-order valence-corrected chi connectivity index (χ4v) is 5.25. The maximum Gasteiger partial charge on any atom is 0.225 e. The second-order valence-corrected chi connectivity index (χ2v) is 9.37. The Morgan fingerprint density at radius 3 is 2.67 bits per heavy atom. The Morgan fingerprint density at radius 1 is 1.03 bits per heavy atom. The second-order valence-electron chi connectivity index (χ2n) is 9.37. The van der Waals surface area contributed by atoms with Crippen molar-refractivity contribution < 1.29 is 5.11 Å². The summed E-state index contributed by atoms with van der Waals surface area (Å²) in [5.74, 6) is 0.810. The van der Waals surface area contributed by atoms with Gasteiger partial charge >= 0.3 is 0 Å². The molecule has 0 saturated carbocycles. The smallest absolute Gasteiger partial charge is 0.225 e. The molecule has 2 aliphatic rings. The summed E-state index contributed by atoms with van der Waals surface area (Å²) < 4.78 is 1.98. The van der Waals surface area contributed by atoms with Gasteiger partial charge in [-0.3, -0.25) is 9.58 Å². The summed E-state index contributed by atoms with van der Waals surface area (Å²) in [6, 6.07) is 9.02. The first-order chi connectivity index (χ1) is 16.1. The minimum Gasteiger partial charge on any atom is -0.394 e. The molecular weight excluding hydrogens is 412 g/mol. The topological polar surface area (TPSA) is 70.3 Å². The first-order valence-corrected chi connectivity index (χ1v) is 12.2. The normalized spacial score (nSPS) is 19.0. The van der Waals surface area contributed by atoms with Crippen LogP contribution in [0.1, 0.15) is 54.1 Å². The van der Waals surface area contributed by atoms with Gasteiger partial charge in [0.25, 0.3) is 0 Å². The van der Waals surface area contributed by atoms with Gasteiger partial charge in [0, 0.05) is 31.4 Å². The molecule has 0 aliphatic carbocycles. The van der Waals surface area contributed by atoms with Crippen molar-refractivity contribution in [3.63, 3.8) is 0 Å². The van der Waals surface area contributed by atoms with Crippen LogP contribution in [0.2, 0.25) is 0 Å². The average molecular weight is 447 g/mol. The van der Waals surface area contributed by atoms with E-state index in [9.17, 15) is 5.11 Å². The number of nitrogens with zero attached hydrogens (tertiary/aromatic N) is 6. The van der Waals surface area contributed by atoms with Crippen LogP contribution >= 0.6 is 0 Å². The van der Waals surface area contributed by atoms with Crippen LogP contribution in [0.4, 0.5) is 5.95 Å². The summed E-state index contributed by atoms with van der Waals surface area (Å²) in [6.45, 7) is 8.92. The lowest BCUT2D eigenvalue weighted by molar-refractivity contribution is 0.226. The molecule has 1 N–H and O–H groups in total. The molecule has 0 amide bonds. The quantitative estimate of drug-likeness (QED) is 0.594. The molecule has 7 nitrogen and oxygen atoms in total. The van der Waals surface area contributed by atoms with Crippen molar-refractivity contribution in [3.05, 3.63) is 59.0 Å². The van der Waals surface area contributed by atoms with Gasteiger partial charge < -0.3 is 10.0 Å². The fraction of sp³-hybridized carbons (Fsp3) is 0.500. The first-order valence-electron chi connectivity index (χ1n) is 12.2. The van der Waals surface area contributed by atoms with E-state index < -0.39 is 0 Å². The SMILES string of the molecule is Cc1ccc(CN2CCCC2c2c(-c3ccnc(N4CCCC4)n3)cnn2CCO)cc1C. The molecule has 33 heavy (non-hydrogen) atoms. The minimum absolute atomic E-state index is 0.0702. The van der Waals surface area contributed by atoms with E-state index in [0.717, 1.165) is 61.9 Å². The molecule has 1 atom stereocenters. The Kier molecular flexibility index (Phi) is 6.42. The number of likely N-dealkylation sites (tertiary alicyclic amines) is 1. The summed E-state index contributed by atoms with van der Waals surface area (Å²) in [7, 11) is 0. The minimum atomic E-state index is 0.0702. The number of aromatic nitrogens is 4. The second kappa shape index (κ2) is 9.61. The predicted octanol–water partition coefficient (Wildman–Crippen LogP) is 3.89. The highest BCUT2D eigenvalue weighted by Gasteiger charge is 2.32. The van der Waals surface area contributed by atoms with E-state index in [4.69, 9.17) is 4.98 Å². The van der Waals surface area contributed by atoms with Crippen molar-refractivity contribution in [1.82, 2.24) is 24.6 Å². The molecule has 2 fully saturated rings. The molecule has 4 heterocycles. The molecular formula is C26H34N6O. The molecule has 7 heteroatoms. The standard InChI is InChI=1S/C26H34N6O/c1-19-7-8-21(16-20(19)2)18-31-13-5-6-24(31)25-22(17-28-32(25)14-15-33)23-9-10-27-26(29-23)30-11-3-4-12-30/h7-10,16-17,24,33H,3-6,11-15,18H2,1-2H3. The molecule has 2 saturated heterocycles. The van der Waals surface area contributed by atoms with Crippen molar-refractivity contribution in [2.45, 2.75) is 58.7 Å². The van der Waals surface area contributed by atoms with Crippen LogP contribution in [0.25, 0.3) is 11.3 Å². The van der Waals surface area contributed by atoms with Gasteiger partial charge in [-0.15, -0.1) is 0 Å². The highest BCUT2D eigenvalue weighted by Crippen LogP contribution is 2.38. The summed E-state index contributed by atoms with van der Waals surface area (Å²) in [6.07, 6.45) is 8.42. The van der Waals surface area contributed by atoms with Gasteiger partial charge in [0.1, 0.15) is 0 Å². The van der Waals surface area contributed by atoms with Crippen LogP contribution in [0.5, 0.6) is 0 Å². The molecule has 2 aromatic heterocycles. The Hall–Kier alpha value is -2.77. The summed E-state index contributed by atoms with van der Waals surface area (Å²) in [5, 5.41) is 14.4. The summed E-state index contributed by atoms with van der Waals surface area (Å²) in [5.41, 5.74) is 7.16.